The van der Waals surface area contributed by atoms with Gasteiger partial charge >= 0.3 is 0 Å². The topological polar surface area (TPSA) is 29.3 Å². The summed E-state index contributed by atoms with van der Waals surface area (Å²) in [5.41, 5.74) is 10.4. The van der Waals surface area contributed by atoms with Crippen LogP contribution >= 0.6 is 0 Å². The second-order valence-electron chi connectivity index (χ2n) is 6.90. The van der Waals surface area contributed by atoms with Crippen molar-refractivity contribution in [1.29, 1.82) is 0 Å². The van der Waals surface area contributed by atoms with Crippen molar-refractivity contribution in [2.75, 3.05) is 18.5 Å². The van der Waals surface area contributed by atoms with Crippen LogP contribution in [0.2, 0.25) is 0 Å². The Labute approximate surface area is 119 Å². The molecule has 1 unspecified atom stereocenters. The van der Waals surface area contributed by atoms with Gasteiger partial charge in [0.05, 0.1) is 0 Å². The van der Waals surface area contributed by atoms with E-state index in [0.717, 1.165) is 19.4 Å². The van der Waals surface area contributed by atoms with E-state index in [9.17, 15) is 0 Å². The van der Waals surface area contributed by atoms with Gasteiger partial charge in [0.15, 0.2) is 0 Å². The van der Waals surface area contributed by atoms with E-state index in [2.05, 4.69) is 64.8 Å². The Balaban J connectivity index is 2.81. The van der Waals surface area contributed by atoms with Gasteiger partial charge in [-0.05, 0) is 48.4 Å². The molecule has 1 rings (SSSR count). The quantitative estimate of drug-likeness (QED) is 0.875. The molecule has 0 radical (unpaired) electrons. The van der Waals surface area contributed by atoms with Crippen LogP contribution in [0.5, 0.6) is 0 Å². The van der Waals surface area contributed by atoms with Gasteiger partial charge in [-0.3, -0.25) is 0 Å². The predicted octanol–water partition coefficient (Wildman–Crippen LogP) is 3.76. The monoisotopic (exact) mass is 262 g/mol. The van der Waals surface area contributed by atoms with E-state index in [1.54, 1.807) is 0 Å². The minimum atomic E-state index is 0.275. The van der Waals surface area contributed by atoms with Crippen LogP contribution in [0.15, 0.2) is 18.2 Å². The number of hydrogen-bond donors (Lipinski definition) is 1. The summed E-state index contributed by atoms with van der Waals surface area (Å²) in [5.74, 6) is 0. The summed E-state index contributed by atoms with van der Waals surface area (Å²) in [6.45, 7) is 12.2. The fourth-order valence-corrected chi connectivity index (χ4v) is 2.38. The number of hydrogen-bond acceptors (Lipinski definition) is 2. The third-order valence-corrected chi connectivity index (χ3v) is 3.48. The standard InChI is InChI=1S/C17H30N2/c1-7-15(18)11-14-8-9-16(10-13(14)2)19(6)12-17(3,4)5/h8-10,15H,7,11-12,18H2,1-6H3. The maximum atomic E-state index is 6.04. The molecule has 0 aliphatic heterocycles. The molecule has 0 aliphatic rings. The van der Waals surface area contributed by atoms with Crippen LogP contribution in [-0.4, -0.2) is 19.6 Å². The average Bonchev–Trinajstić information content (AvgIpc) is 2.29. The number of benzene rings is 1. The van der Waals surface area contributed by atoms with E-state index in [1.807, 2.05) is 0 Å². The van der Waals surface area contributed by atoms with E-state index in [1.165, 1.54) is 16.8 Å². The molecule has 0 heterocycles. The molecule has 108 valence electrons. The van der Waals surface area contributed by atoms with Crippen LogP contribution in [-0.2, 0) is 6.42 Å². The number of aryl methyl sites for hydroxylation is 1. The molecule has 2 N–H and O–H groups in total. The first-order valence-electron chi connectivity index (χ1n) is 7.29. The molecule has 1 aromatic rings. The highest BCUT2D eigenvalue weighted by atomic mass is 15.1. The zero-order valence-corrected chi connectivity index (χ0v) is 13.5. The molecular weight excluding hydrogens is 232 g/mol. The summed E-state index contributed by atoms with van der Waals surface area (Å²) in [4.78, 5) is 2.33. The Bertz CT molecular complexity index is 404. The lowest BCUT2D eigenvalue weighted by atomic mass is 9.95. The molecule has 1 aromatic carbocycles. The van der Waals surface area contributed by atoms with Gasteiger partial charge in [-0.15, -0.1) is 0 Å². The van der Waals surface area contributed by atoms with Crippen LogP contribution in [0.3, 0.4) is 0 Å². The molecule has 19 heavy (non-hydrogen) atoms. The fourth-order valence-electron chi connectivity index (χ4n) is 2.38. The minimum absolute atomic E-state index is 0.275. The van der Waals surface area contributed by atoms with Gasteiger partial charge in [0.1, 0.15) is 0 Å². The van der Waals surface area contributed by atoms with Gasteiger partial charge in [-0.2, -0.15) is 0 Å². The van der Waals surface area contributed by atoms with E-state index in [-0.39, 0.29) is 6.04 Å². The van der Waals surface area contributed by atoms with Crippen LogP contribution < -0.4 is 10.6 Å². The van der Waals surface area contributed by atoms with E-state index >= 15 is 0 Å². The highest BCUT2D eigenvalue weighted by Crippen LogP contribution is 2.23. The highest BCUT2D eigenvalue weighted by Gasteiger charge is 2.14. The number of nitrogens with two attached hydrogens (primary N) is 1. The molecular formula is C17H30N2. The Kier molecular flexibility index (Phi) is 5.42. The molecule has 0 aliphatic carbocycles. The average molecular weight is 262 g/mol. The molecule has 0 aromatic heterocycles. The smallest absolute Gasteiger partial charge is 0.0366 e. The van der Waals surface area contributed by atoms with Crippen molar-refractivity contribution in [1.82, 2.24) is 0 Å². The van der Waals surface area contributed by atoms with Crippen molar-refractivity contribution < 1.29 is 0 Å². The normalized spacial score (nSPS) is 13.4. The molecule has 0 spiro atoms. The summed E-state index contributed by atoms with van der Waals surface area (Å²) in [6.07, 6.45) is 2.01. The third kappa shape index (κ3) is 5.23. The lowest BCUT2D eigenvalue weighted by Crippen LogP contribution is -2.29. The Morgan fingerprint density at radius 3 is 2.37 bits per heavy atom. The predicted molar refractivity (Wildman–Crippen MR) is 85.9 cm³/mol. The summed E-state index contributed by atoms with van der Waals surface area (Å²) in [7, 11) is 2.16. The molecule has 2 heteroatoms. The van der Waals surface area contributed by atoms with Gasteiger partial charge in [0, 0.05) is 25.3 Å². The highest BCUT2D eigenvalue weighted by molar-refractivity contribution is 5.50. The minimum Gasteiger partial charge on any atom is -0.374 e. The SMILES string of the molecule is CCC(N)Cc1ccc(N(C)CC(C)(C)C)cc1C. The maximum absolute atomic E-state index is 6.04. The fraction of sp³-hybridized carbons (Fsp3) is 0.647. The molecule has 0 fully saturated rings. The molecule has 0 bridgehead atoms. The summed E-state index contributed by atoms with van der Waals surface area (Å²) in [6, 6.07) is 7.01. The lowest BCUT2D eigenvalue weighted by molar-refractivity contribution is 0.419. The van der Waals surface area contributed by atoms with Crippen molar-refractivity contribution in [3.63, 3.8) is 0 Å². The summed E-state index contributed by atoms with van der Waals surface area (Å²) < 4.78 is 0. The Morgan fingerprint density at radius 1 is 1.26 bits per heavy atom. The Hall–Kier alpha value is -1.02. The summed E-state index contributed by atoms with van der Waals surface area (Å²) >= 11 is 0. The zero-order chi connectivity index (χ0) is 14.6. The second kappa shape index (κ2) is 6.42. The number of anilines is 1. The largest absolute Gasteiger partial charge is 0.374 e. The molecule has 1 atom stereocenters. The van der Waals surface area contributed by atoms with Gasteiger partial charge in [0.2, 0.25) is 0 Å². The van der Waals surface area contributed by atoms with Crippen molar-refractivity contribution in [3.05, 3.63) is 29.3 Å². The van der Waals surface area contributed by atoms with Gasteiger partial charge in [0.25, 0.3) is 0 Å². The van der Waals surface area contributed by atoms with E-state index in [0.29, 0.717) is 5.41 Å². The van der Waals surface area contributed by atoms with Crippen LogP contribution in [0.1, 0.15) is 45.2 Å². The van der Waals surface area contributed by atoms with E-state index in [4.69, 9.17) is 5.73 Å². The van der Waals surface area contributed by atoms with Crippen LogP contribution in [0, 0.1) is 12.3 Å². The molecule has 2 nitrogen and oxygen atoms in total. The van der Waals surface area contributed by atoms with Crippen molar-refractivity contribution in [2.24, 2.45) is 11.1 Å². The molecule has 0 amide bonds. The Morgan fingerprint density at radius 2 is 1.89 bits per heavy atom. The van der Waals surface area contributed by atoms with Crippen LogP contribution in [0.25, 0.3) is 0 Å². The second-order valence-corrected chi connectivity index (χ2v) is 6.90. The maximum Gasteiger partial charge on any atom is 0.0366 e. The molecule has 0 saturated carbocycles. The van der Waals surface area contributed by atoms with Crippen LogP contribution in [0.4, 0.5) is 5.69 Å². The number of rotatable bonds is 5. The lowest BCUT2D eigenvalue weighted by Gasteiger charge is -2.29. The van der Waals surface area contributed by atoms with Crippen molar-refractivity contribution >= 4 is 5.69 Å². The first-order chi connectivity index (χ1) is 8.73. The first-order valence-corrected chi connectivity index (χ1v) is 7.29. The summed E-state index contributed by atoms with van der Waals surface area (Å²) in [5, 5.41) is 0. The van der Waals surface area contributed by atoms with Crippen molar-refractivity contribution in [2.45, 2.75) is 53.5 Å². The number of nitrogens with zero attached hydrogens (tertiary/aromatic N) is 1. The van der Waals surface area contributed by atoms with Gasteiger partial charge < -0.3 is 10.6 Å². The first kappa shape index (κ1) is 16.0. The third-order valence-electron chi connectivity index (χ3n) is 3.48. The van der Waals surface area contributed by atoms with Gasteiger partial charge in [-0.25, -0.2) is 0 Å². The molecule has 0 saturated heterocycles. The van der Waals surface area contributed by atoms with Crippen molar-refractivity contribution in [3.8, 4) is 0 Å². The zero-order valence-electron chi connectivity index (χ0n) is 13.5. The van der Waals surface area contributed by atoms with Gasteiger partial charge in [-0.1, -0.05) is 33.8 Å². The van der Waals surface area contributed by atoms with E-state index < -0.39 is 0 Å².